The monoisotopic (exact) mass is 147 g/mol. The summed E-state index contributed by atoms with van der Waals surface area (Å²) in [6, 6.07) is 0. The number of rotatable bonds is 3. The summed E-state index contributed by atoms with van der Waals surface area (Å²) in [7, 11) is 0. The molecular formula is C6H10ClNO. The van der Waals surface area contributed by atoms with E-state index >= 15 is 0 Å². The van der Waals surface area contributed by atoms with Crippen molar-refractivity contribution < 1.29 is 4.79 Å². The normalized spacial score (nSPS) is 19.9. The van der Waals surface area contributed by atoms with Crippen LogP contribution in [0, 0.1) is 0 Å². The summed E-state index contributed by atoms with van der Waals surface area (Å²) in [5, 5.41) is 0. The zero-order chi connectivity index (χ0) is 6.69. The summed E-state index contributed by atoms with van der Waals surface area (Å²) in [4.78, 5) is 12.5. The minimum Gasteiger partial charge on any atom is -0.297 e. The molecule has 0 atom stereocenters. The Kier molecular flexibility index (Phi) is 2.49. The van der Waals surface area contributed by atoms with Crippen molar-refractivity contribution in [2.75, 3.05) is 25.5 Å². The van der Waals surface area contributed by atoms with E-state index < -0.39 is 0 Å². The van der Waals surface area contributed by atoms with Gasteiger partial charge < -0.3 is 0 Å². The first-order valence-corrected chi connectivity index (χ1v) is 3.66. The van der Waals surface area contributed by atoms with Gasteiger partial charge in [-0.15, -0.1) is 11.6 Å². The fourth-order valence-corrected chi connectivity index (χ4v) is 1.01. The maximum atomic E-state index is 10.4. The fraction of sp³-hybridized carbons (Fsp3) is 0.833. The number of hydrogen-bond donors (Lipinski definition) is 0. The van der Waals surface area contributed by atoms with Crippen molar-refractivity contribution in [3.05, 3.63) is 0 Å². The second kappa shape index (κ2) is 3.18. The maximum absolute atomic E-state index is 10.4. The van der Waals surface area contributed by atoms with Crippen LogP contribution < -0.4 is 0 Å². The van der Waals surface area contributed by atoms with Gasteiger partial charge in [0.1, 0.15) is 0 Å². The molecule has 0 unspecified atom stereocenters. The van der Waals surface area contributed by atoms with E-state index in [0.29, 0.717) is 24.8 Å². The predicted octanol–water partition coefficient (Wildman–Crippen LogP) is 0.500. The van der Waals surface area contributed by atoms with Crippen LogP contribution in [0.4, 0.5) is 0 Å². The van der Waals surface area contributed by atoms with Crippen molar-refractivity contribution in [1.29, 1.82) is 0 Å². The Morgan fingerprint density at radius 1 is 1.56 bits per heavy atom. The highest BCUT2D eigenvalue weighted by atomic mass is 35.5. The number of ketones is 1. The average Bonchev–Trinajstić information content (AvgIpc) is 1.78. The van der Waals surface area contributed by atoms with E-state index in [1.54, 1.807) is 0 Å². The fourth-order valence-electron chi connectivity index (χ4n) is 0.894. The molecule has 0 amide bonds. The summed E-state index contributed by atoms with van der Waals surface area (Å²) < 4.78 is 0. The van der Waals surface area contributed by atoms with E-state index in [-0.39, 0.29) is 0 Å². The number of carbonyl (C=O) groups is 1. The zero-order valence-corrected chi connectivity index (χ0v) is 6.02. The van der Waals surface area contributed by atoms with Crippen LogP contribution in [0.15, 0.2) is 0 Å². The molecule has 52 valence electrons. The zero-order valence-electron chi connectivity index (χ0n) is 5.27. The Bertz CT molecular complexity index is 108. The van der Waals surface area contributed by atoms with Crippen LogP contribution in [0.25, 0.3) is 0 Å². The molecule has 0 aromatic heterocycles. The van der Waals surface area contributed by atoms with Crippen molar-refractivity contribution in [3.63, 3.8) is 0 Å². The standard InChI is InChI=1S/C6H10ClNO/c7-2-1-3-8-4-6(9)5-8/h1-5H2. The van der Waals surface area contributed by atoms with Crippen LogP contribution in [0.2, 0.25) is 0 Å². The topological polar surface area (TPSA) is 20.3 Å². The molecule has 2 nitrogen and oxygen atoms in total. The Morgan fingerprint density at radius 2 is 2.22 bits per heavy atom. The van der Waals surface area contributed by atoms with Gasteiger partial charge in [-0.05, 0) is 6.42 Å². The van der Waals surface area contributed by atoms with Crippen molar-refractivity contribution in [1.82, 2.24) is 4.90 Å². The third-order valence-electron chi connectivity index (χ3n) is 1.41. The van der Waals surface area contributed by atoms with E-state index in [1.165, 1.54) is 0 Å². The highest BCUT2D eigenvalue weighted by molar-refractivity contribution is 6.17. The third-order valence-corrected chi connectivity index (χ3v) is 1.68. The van der Waals surface area contributed by atoms with Crippen LogP contribution in [0.5, 0.6) is 0 Å². The molecule has 0 N–H and O–H groups in total. The van der Waals surface area contributed by atoms with Crippen LogP contribution in [-0.2, 0) is 4.79 Å². The van der Waals surface area contributed by atoms with Crippen molar-refractivity contribution in [3.8, 4) is 0 Å². The smallest absolute Gasteiger partial charge is 0.160 e. The maximum Gasteiger partial charge on any atom is 0.160 e. The molecule has 3 heteroatoms. The van der Waals surface area contributed by atoms with Crippen LogP contribution in [0.3, 0.4) is 0 Å². The summed E-state index contributed by atoms with van der Waals surface area (Å²) in [6.07, 6.45) is 0.995. The first kappa shape index (κ1) is 7.03. The third kappa shape index (κ3) is 1.95. The predicted molar refractivity (Wildman–Crippen MR) is 36.8 cm³/mol. The summed E-state index contributed by atoms with van der Waals surface area (Å²) in [5.74, 6) is 1.05. The first-order valence-electron chi connectivity index (χ1n) is 3.13. The van der Waals surface area contributed by atoms with Gasteiger partial charge in [-0.25, -0.2) is 0 Å². The van der Waals surface area contributed by atoms with E-state index in [0.717, 1.165) is 13.0 Å². The lowest BCUT2D eigenvalue weighted by Crippen LogP contribution is -2.47. The summed E-state index contributed by atoms with van der Waals surface area (Å²) in [5.41, 5.74) is 0. The van der Waals surface area contributed by atoms with Crippen molar-refractivity contribution in [2.45, 2.75) is 6.42 Å². The summed E-state index contributed by atoms with van der Waals surface area (Å²) in [6.45, 7) is 2.28. The summed E-state index contributed by atoms with van der Waals surface area (Å²) >= 11 is 5.45. The number of alkyl halides is 1. The number of halogens is 1. The van der Waals surface area contributed by atoms with Crippen molar-refractivity contribution in [2.24, 2.45) is 0 Å². The number of likely N-dealkylation sites (tertiary alicyclic amines) is 1. The van der Waals surface area contributed by atoms with Crippen LogP contribution in [-0.4, -0.2) is 36.2 Å². The number of hydrogen-bond acceptors (Lipinski definition) is 2. The number of nitrogens with zero attached hydrogens (tertiary/aromatic N) is 1. The molecule has 0 saturated carbocycles. The van der Waals surface area contributed by atoms with Gasteiger partial charge in [0, 0.05) is 12.4 Å². The highest BCUT2D eigenvalue weighted by Gasteiger charge is 2.21. The molecule has 0 radical (unpaired) electrons. The van der Waals surface area contributed by atoms with Gasteiger partial charge in [-0.1, -0.05) is 0 Å². The Morgan fingerprint density at radius 3 is 2.67 bits per heavy atom. The molecule has 1 rings (SSSR count). The van der Waals surface area contributed by atoms with Gasteiger partial charge >= 0.3 is 0 Å². The second-order valence-corrected chi connectivity index (χ2v) is 2.67. The lowest BCUT2D eigenvalue weighted by molar-refractivity contribution is -0.128. The van der Waals surface area contributed by atoms with Gasteiger partial charge in [0.05, 0.1) is 13.1 Å². The van der Waals surface area contributed by atoms with E-state index in [9.17, 15) is 4.79 Å². The Labute approximate surface area is 59.8 Å². The van der Waals surface area contributed by atoms with Crippen LogP contribution in [0.1, 0.15) is 6.42 Å². The molecule has 1 fully saturated rings. The van der Waals surface area contributed by atoms with E-state index in [1.807, 2.05) is 0 Å². The van der Waals surface area contributed by atoms with Gasteiger partial charge in [0.2, 0.25) is 0 Å². The lowest BCUT2D eigenvalue weighted by Gasteiger charge is -2.28. The first-order chi connectivity index (χ1) is 4.33. The molecular weight excluding hydrogens is 138 g/mol. The molecule has 0 spiro atoms. The molecule has 1 aliphatic heterocycles. The molecule has 0 aliphatic carbocycles. The quantitative estimate of drug-likeness (QED) is 0.542. The van der Waals surface area contributed by atoms with E-state index in [2.05, 4.69) is 4.90 Å². The SMILES string of the molecule is O=C1CN(CCCCl)C1. The average molecular weight is 148 g/mol. The highest BCUT2D eigenvalue weighted by Crippen LogP contribution is 2.02. The molecule has 9 heavy (non-hydrogen) atoms. The van der Waals surface area contributed by atoms with Gasteiger partial charge in [0.25, 0.3) is 0 Å². The molecule has 1 aliphatic rings. The minimum atomic E-state index is 0.351. The molecule has 0 bridgehead atoms. The van der Waals surface area contributed by atoms with Crippen LogP contribution >= 0.6 is 11.6 Å². The van der Waals surface area contributed by atoms with Gasteiger partial charge in [-0.2, -0.15) is 0 Å². The number of carbonyl (C=O) groups excluding carboxylic acids is 1. The second-order valence-electron chi connectivity index (χ2n) is 2.29. The molecule has 1 saturated heterocycles. The molecule has 0 aromatic rings. The van der Waals surface area contributed by atoms with E-state index in [4.69, 9.17) is 11.6 Å². The molecule has 1 heterocycles. The van der Waals surface area contributed by atoms with Gasteiger partial charge in [-0.3, -0.25) is 9.69 Å². The van der Waals surface area contributed by atoms with Gasteiger partial charge in [0.15, 0.2) is 5.78 Å². The largest absolute Gasteiger partial charge is 0.297 e. The minimum absolute atomic E-state index is 0.351. The Hall–Kier alpha value is -0.0800. The molecule has 0 aromatic carbocycles. The lowest BCUT2D eigenvalue weighted by atomic mass is 10.2. The number of Topliss-reactive ketones (excluding diaryl/α,β-unsaturated/α-hetero) is 1. The van der Waals surface area contributed by atoms with Crippen molar-refractivity contribution >= 4 is 17.4 Å². The Balaban J connectivity index is 1.97.